The van der Waals surface area contributed by atoms with Gasteiger partial charge in [-0.3, -0.25) is 4.79 Å². The van der Waals surface area contributed by atoms with Gasteiger partial charge < -0.3 is 25.3 Å². The van der Waals surface area contributed by atoms with Gasteiger partial charge in [0, 0.05) is 12.2 Å². The fourth-order valence-corrected chi connectivity index (χ4v) is 5.80. The monoisotopic (exact) mass is 600 g/mol. The number of sulfonamides is 1. The maximum absolute atomic E-state index is 13.5. The lowest BCUT2D eigenvalue weighted by Gasteiger charge is -2.48. The summed E-state index contributed by atoms with van der Waals surface area (Å²) in [5.74, 6) is -0.949. The molecule has 1 heterocycles. The fourth-order valence-electron chi connectivity index (χ4n) is 5.28. The third-order valence-electron chi connectivity index (χ3n) is 7.75. The molecule has 0 saturated carbocycles. The van der Waals surface area contributed by atoms with Crippen molar-refractivity contribution < 1.29 is 38.0 Å². The van der Waals surface area contributed by atoms with Gasteiger partial charge in [-0.2, -0.15) is 0 Å². The summed E-state index contributed by atoms with van der Waals surface area (Å²) < 4.78 is 38.3. The van der Waals surface area contributed by atoms with E-state index in [0.717, 1.165) is 17.4 Å². The minimum absolute atomic E-state index is 0.109. The van der Waals surface area contributed by atoms with Crippen LogP contribution in [0.4, 0.5) is 10.1 Å². The Balaban J connectivity index is 1.53. The molecule has 9 nitrogen and oxygen atoms in total. The number of carbonyl (C=O) groups is 1. The Morgan fingerprint density at radius 1 is 0.976 bits per heavy atom. The zero-order chi connectivity index (χ0) is 30.5. The first-order valence-electron chi connectivity index (χ1n) is 13.8. The van der Waals surface area contributed by atoms with Crippen molar-refractivity contribution in [3.63, 3.8) is 0 Å². The molecule has 0 spiro atoms. The summed E-state index contributed by atoms with van der Waals surface area (Å²) in [6.07, 6.45) is 2.20. The first kappa shape index (κ1) is 31.7. The number of nitrogens with one attached hydrogen (secondary N) is 1. The summed E-state index contributed by atoms with van der Waals surface area (Å²) in [5, 5.41) is 40.3. The minimum atomic E-state index is -3.24. The Bertz CT molecular complexity index is 1440. The van der Waals surface area contributed by atoms with Crippen molar-refractivity contribution >= 4 is 21.6 Å². The van der Waals surface area contributed by atoms with Crippen LogP contribution >= 0.6 is 0 Å². The Hall–Kier alpha value is -3.19. The molecule has 0 bridgehead atoms. The second kappa shape index (κ2) is 13.4. The van der Waals surface area contributed by atoms with Gasteiger partial charge in [-0.25, -0.2) is 17.5 Å². The zero-order valence-electron chi connectivity index (χ0n) is 23.4. The predicted octanol–water partition coefficient (Wildman–Crippen LogP) is 2.70. The van der Waals surface area contributed by atoms with E-state index in [0.29, 0.717) is 49.0 Å². The number of carbonyl (C=O) groups excluding carboxylic acids is 1. The van der Waals surface area contributed by atoms with Crippen LogP contribution in [0.5, 0.6) is 0 Å². The van der Waals surface area contributed by atoms with E-state index in [-0.39, 0.29) is 11.9 Å². The maximum atomic E-state index is 13.5. The van der Waals surface area contributed by atoms with Crippen molar-refractivity contribution in [2.75, 3.05) is 30.9 Å². The summed E-state index contributed by atoms with van der Waals surface area (Å²) >= 11 is 0. The molecule has 3 aromatic carbocycles. The Morgan fingerprint density at radius 3 is 2.17 bits per heavy atom. The quantitative estimate of drug-likeness (QED) is 0.141. The number of anilines is 1. The highest BCUT2D eigenvalue weighted by molar-refractivity contribution is 7.88. The average Bonchev–Trinajstić information content (AvgIpc) is 2.98. The molecule has 42 heavy (non-hydrogen) atoms. The van der Waals surface area contributed by atoms with E-state index in [4.69, 9.17) is 0 Å². The summed E-state index contributed by atoms with van der Waals surface area (Å²) in [6, 6.07) is 19.5. The number of hydrogen-bond donors (Lipinski definition) is 5. The molecule has 3 aromatic rings. The molecule has 1 aliphatic rings. The standard InChI is InChI=1S/C31H37FN2O7S/c1-42(40,41)33-18-2-3-21-4-14-26(15-5-21)34-29(23-6-10-24(11-7-23)31(39,19-35)20-36)27(30(34)38)16-17-28(37)22-8-12-25(32)13-9-22/h4-15,27-29,33,35-37,39H,2-3,16-20H2,1H3. The van der Waals surface area contributed by atoms with E-state index in [2.05, 4.69) is 4.72 Å². The van der Waals surface area contributed by atoms with Gasteiger partial charge in [0.15, 0.2) is 0 Å². The SMILES string of the molecule is CS(=O)(=O)NCCCc1ccc(N2C(=O)C(CCC(O)c3ccc(F)cc3)C2c2ccc(C(O)(CO)CO)cc2)cc1. The Labute approximate surface area is 245 Å². The van der Waals surface area contributed by atoms with E-state index in [1.54, 1.807) is 29.2 Å². The van der Waals surface area contributed by atoms with Crippen molar-refractivity contribution in [1.82, 2.24) is 4.72 Å². The lowest BCUT2D eigenvalue weighted by atomic mass is 9.77. The van der Waals surface area contributed by atoms with Gasteiger partial charge in [0.2, 0.25) is 15.9 Å². The van der Waals surface area contributed by atoms with Crippen LogP contribution in [0.25, 0.3) is 0 Å². The van der Waals surface area contributed by atoms with Crippen LogP contribution in [0.1, 0.15) is 53.7 Å². The van der Waals surface area contributed by atoms with Crippen LogP contribution in [0.3, 0.4) is 0 Å². The number of halogens is 1. The second-order valence-electron chi connectivity index (χ2n) is 10.8. The van der Waals surface area contributed by atoms with Crippen LogP contribution in [-0.4, -0.2) is 60.8 Å². The first-order valence-corrected chi connectivity index (χ1v) is 15.7. The van der Waals surface area contributed by atoms with Gasteiger partial charge in [-0.15, -0.1) is 0 Å². The largest absolute Gasteiger partial charge is 0.393 e. The highest BCUT2D eigenvalue weighted by atomic mass is 32.2. The van der Waals surface area contributed by atoms with E-state index in [1.807, 2.05) is 24.3 Å². The number of amides is 1. The van der Waals surface area contributed by atoms with Crippen molar-refractivity contribution in [1.29, 1.82) is 0 Å². The number of nitrogens with zero attached hydrogens (tertiary/aromatic N) is 1. The minimum Gasteiger partial charge on any atom is -0.393 e. The molecule has 1 aliphatic heterocycles. The molecule has 3 unspecified atom stereocenters. The molecule has 0 radical (unpaired) electrons. The number of β-lactam (4-membered cyclic amide) rings is 1. The van der Waals surface area contributed by atoms with Crippen LogP contribution < -0.4 is 9.62 Å². The van der Waals surface area contributed by atoms with E-state index < -0.39 is 46.7 Å². The van der Waals surface area contributed by atoms with Crippen LogP contribution in [0.2, 0.25) is 0 Å². The molecule has 5 N–H and O–H groups in total. The molecule has 1 amide bonds. The van der Waals surface area contributed by atoms with Gasteiger partial charge in [-0.05, 0) is 72.2 Å². The van der Waals surface area contributed by atoms with Crippen molar-refractivity contribution in [3.8, 4) is 0 Å². The van der Waals surface area contributed by atoms with E-state index in [9.17, 15) is 38.0 Å². The Morgan fingerprint density at radius 2 is 1.60 bits per heavy atom. The zero-order valence-corrected chi connectivity index (χ0v) is 24.2. The summed E-state index contributed by atoms with van der Waals surface area (Å²) in [7, 11) is -3.24. The van der Waals surface area contributed by atoms with E-state index >= 15 is 0 Å². The predicted molar refractivity (Wildman–Crippen MR) is 156 cm³/mol. The lowest BCUT2D eigenvalue weighted by Crippen LogP contribution is -2.55. The summed E-state index contributed by atoms with van der Waals surface area (Å²) in [5.41, 5.74) is 1.58. The number of rotatable bonds is 14. The van der Waals surface area contributed by atoms with Gasteiger partial charge in [0.05, 0.1) is 37.5 Å². The van der Waals surface area contributed by atoms with Gasteiger partial charge in [0.1, 0.15) is 11.4 Å². The molecule has 4 rings (SSSR count). The summed E-state index contributed by atoms with van der Waals surface area (Å²) in [6.45, 7) is -0.981. The molecule has 226 valence electrons. The van der Waals surface area contributed by atoms with Gasteiger partial charge in [0.25, 0.3) is 0 Å². The molecule has 3 atom stereocenters. The highest BCUT2D eigenvalue weighted by Crippen LogP contribution is 2.46. The highest BCUT2D eigenvalue weighted by Gasteiger charge is 2.48. The number of hydrogen-bond acceptors (Lipinski definition) is 7. The van der Waals surface area contributed by atoms with Crippen LogP contribution in [-0.2, 0) is 26.8 Å². The molecular formula is C31H37FN2O7S. The van der Waals surface area contributed by atoms with Crippen molar-refractivity contribution in [2.24, 2.45) is 5.92 Å². The number of aliphatic hydroxyl groups is 4. The fraction of sp³-hybridized carbons (Fsp3) is 0.387. The topological polar surface area (TPSA) is 147 Å². The van der Waals surface area contributed by atoms with Gasteiger partial charge in [-0.1, -0.05) is 48.5 Å². The molecule has 11 heteroatoms. The molecular weight excluding hydrogens is 563 g/mol. The maximum Gasteiger partial charge on any atom is 0.233 e. The van der Waals surface area contributed by atoms with Crippen molar-refractivity contribution in [2.45, 2.75) is 43.4 Å². The van der Waals surface area contributed by atoms with Crippen molar-refractivity contribution in [3.05, 3.63) is 101 Å². The Kier molecular flexibility index (Phi) is 10.1. The second-order valence-corrected chi connectivity index (χ2v) is 12.6. The van der Waals surface area contributed by atoms with Crippen LogP contribution in [0.15, 0.2) is 72.8 Å². The number of aliphatic hydroxyl groups excluding tert-OH is 3. The third-order valence-corrected chi connectivity index (χ3v) is 8.48. The van der Waals surface area contributed by atoms with Gasteiger partial charge >= 0.3 is 0 Å². The number of aryl methyl sites for hydroxylation is 1. The molecule has 1 saturated heterocycles. The van der Waals surface area contributed by atoms with E-state index in [1.165, 1.54) is 24.3 Å². The summed E-state index contributed by atoms with van der Waals surface area (Å²) in [4.78, 5) is 15.2. The normalized spacial score (nSPS) is 18.1. The third kappa shape index (κ3) is 7.41. The number of benzene rings is 3. The lowest BCUT2D eigenvalue weighted by molar-refractivity contribution is -0.131. The average molecular weight is 601 g/mol. The molecule has 0 aromatic heterocycles. The molecule has 1 fully saturated rings. The first-order chi connectivity index (χ1) is 20.0. The molecule has 0 aliphatic carbocycles. The van der Waals surface area contributed by atoms with Crippen LogP contribution in [0, 0.1) is 11.7 Å². The smallest absolute Gasteiger partial charge is 0.233 e.